The van der Waals surface area contributed by atoms with E-state index in [1.807, 2.05) is 26.0 Å². The predicted molar refractivity (Wildman–Crippen MR) is 59.0 cm³/mol. The number of aromatic hydroxyl groups is 1. The second-order valence-electron chi connectivity index (χ2n) is 4.02. The first-order valence-corrected chi connectivity index (χ1v) is 5.13. The highest BCUT2D eigenvalue weighted by molar-refractivity contribution is 5.36. The van der Waals surface area contributed by atoms with Crippen LogP contribution in [0.5, 0.6) is 5.75 Å². The normalized spacial score (nSPS) is 14.9. The van der Waals surface area contributed by atoms with Gasteiger partial charge < -0.3 is 15.3 Å². The van der Waals surface area contributed by atoms with Crippen LogP contribution in [0.4, 0.5) is 0 Å². The zero-order valence-corrected chi connectivity index (χ0v) is 9.14. The number of rotatable bonds is 4. The molecule has 1 aromatic rings. The molecule has 0 fully saturated rings. The molecule has 1 rings (SSSR count). The highest BCUT2D eigenvalue weighted by Gasteiger charge is 2.12. The third-order valence-corrected chi connectivity index (χ3v) is 2.63. The molecule has 0 aromatic heterocycles. The van der Waals surface area contributed by atoms with E-state index in [1.165, 1.54) is 0 Å². The molecule has 0 aliphatic rings. The van der Waals surface area contributed by atoms with E-state index in [-0.39, 0.29) is 18.3 Å². The Labute approximate surface area is 90.0 Å². The summed E-state index contributed by atoms with van der Waals surface area (Å²) in [4.78, 5) is 0. The standard InChI is InChI=1S/C12H18O3/c1-8(6-11(14)7-13)10-3-4-12(15)9(2)5-10/h3-5,8,11,13-15H,6-7H2,1-2H3. The fourth-order valence-electron chi connectivity index (χ4n) is 1.60. The van der Waals surface area contributed by atoms with Gasteiger partial charge in [-0.3, -0.25) is 0 Å². The second-order valence-corrected chi connectivity index (χ2v) is 4.02. The van der Waals surface area contributed by atoms with Crippen molar-refractivity contribution in [3.63, 3.8) is 0 Å². The van der Waals surface area contributed by atoms with Crippen LogP contribution in [0.3, 0.4) is 0 Å². The van der Waals surface area contributed by atoms with Crippen molar-refractivity contribution in [3.8, 4) is 5.75 Å². The molecule has 3 nitrogen and oxygen atoms in total. The molecular formula is C12H18O3. The molecule has 0 radical (unpaired) electrons. The number of phenols is 1. The van der Waals surface area contributed by atoms with Crippen molar-refractivity contribution in [2.45, 2.75) is 32.3 Å². The van der Waals surface area contributed by atoms with Gasteiger partial charge in [-0.25, -0.2) is 0 Å². The molecule has 0 amide bonds. The topological polar surface area (TPSA) is 60.7 Å². The van der Waals surface area contributed by atoms with Crippen LogP contribution in [0.25, 0.3) is 0 Å². The van der Waals surface area contributed by atoms with E-state index >= 15 is 0 Å². The lowest BCUT2D eigenvalue weighted by molar-refractivity contribution is 0.0835. The molecule has 0 aliphatic heterocycles. The molecule has 2 atom stereocenters. The molecular weight excluding hydrogens is 192 g/mol. The van der Waals surface area contributed by atoms with E-state index < -0.39 is 6.10 Å². The number of hydrogen-bond donors (Lipinski definition) is 3. The van der Waals surface area contributed by atoms with Gasteiger partial charge in [-0.05, 0) is 36.5 Å². The summed E-state index contributed by atoms with van der Waals surface area (Å²) >= 11 is 0. The summed E-state index contributed by atoms with van der Waals surface area (Å²) in [5.74, 6) is 0.458. The lowest BCUT2D eigenvalue weighted by Gasteiger charge is -2.15. The van der Waals surface area contributed by atoms with E-state index in [2.05, 4.69) is 0 Å². The summed E-state index contributed by atoms with van der Waals surface area (Å²) in [5.41, 5.74) is 1.90. The third kappa shape index (κ3) is 3.22. The van der Waals surface area contributed by atoms with E-state index in [4.69, 9.17) is 5.11 Å². The summed E-state index contributed by atoms with van der Waals surface area (Å²) in [6.07, 6.45) is -0.144. The van der Waals surface area contributed by atoms with Crippen LogP contribution in [-0.2, 0) is 0 Å². The monoisotopic (exact) mass is 210 g/mol. The summed E-state index contributed by atoms with van der Waals surface area (Å²) in [7, 11) is 0. The maximum Gasteiger partial charge on any atom is 0.118 e. The van der Waals surface area contributed by atoms with E-state index in [9.17, 15) is 10.2 Å². The van der Waals surface area contributed by atoms with Crippen molar-refractivity contribution >= 4 is 0 Å². The Morgan fingerprint density at radius 1 is 1.33 bits per heavy atom. The smallest absolute Gasteiger partial charge is 0.118 e. The van der Waals surface area contributed by atoms with Crippen LogP contribution in [0, 0.1) is 6.92 Å². The Hall–Kier alpha value is -1.06. The highest BCUT2D eigenvalue weighted by Crippen LogP contribution is 2.25. The van der Waals surface area contributed by atoms with Crippen LogP contribution >= 0.6 is 0 Å². The average Bonchev–Trinajstić information content (AvgIpc) is 2.21. The van der Waals surface area contributed by atoms with Gasteiger partial charge in [-0.2, -0.15) is 0 Å². The number of aliphatic hydroxyl groups is 2. The lowest BCUT2D eigenvalue weighted by Crippen LogP contribution is -2.15. The van der Waals surface area contributed by atoms with Crippen LogP contribution in [-0.4, -0.2) is 28.0 Å². The van der Waals surface area contributed by atoms with Gasteiger partial charge in [0.2, 0.25) is 0 Å². The number of benzene rings is 1. The molecule has 0 bridgehead atoms. The van der Waals surface area contributed by atoms with Gasteiger partial charge in [0.05, 0.1) is 12.7 Å². The van der Waals surface area contributed by atoms with Crippen molar-refractivity contribution in [2.75, 3.05) is 6.61 Å². The number of phenolic OH excluding ortho intramolecular Hbond substituents is 1. The molecule has 15 heavy (non-hydrogen) atoms. The van der Waals surface area contributed by atoms with Crippen molar-refractivity contribution in [2.24, 2.45) is 0 Å². The van der Waals surface area contributed by atoms with Crippen molar-refractivity contribution in [3.05, 3.63) is 29.3 Å². The Bertz CT molecular complexity index is 323. The van der Waals surface area contributed by atoms with E-state index in [0.29, 0.717) is 6.42 Å². The van der Waals surface area contributed by atoms with E-state index in [0.717, 1.165) is 11.1 Å². The Morgan fingerprint density at radius 2 is 2.00 bits per heavy atom. The highest BCUT2D eigenvalue weighted by atomic mass is 16.3. The number of aliphatic hydroxyl groups excluding tert-OH is 2. The summed E-state index contributed by atoms with van der Waals surface area (Å²) in [6, 6.07) is 5.41. The molecule has 2 unspecified atom stereocenters. The fraction of sp³-hybridized carbons (Fsp3) is 0.500. The van der Waals surface area contributed by atoms with Crippen LogP contribution in [0.2, 0.25) is 0 Å². The molecule has 0 aliphatic carbocycles. The van der Waals surface area contributed by atoms with Gasteiger partial charge in [0, 0.05) is 0 Å². The van der Waals surface area contributed by atoms with Gasteiger partial charge in [0.15, 0.2) is 0 Å². The maximum atomic E-state index is 9.36. The third-order valence-electron chi connectivity index (χ3n) is 2.63. The molecule has 0 saturated heterocycles. The predicted octanol–water partition coefficient (Wildman–Crippen LogP) is 1.55. The lowest BCUT2D eigenvalue weighted by atomic mass is 9.94. The molecule has 3 N–H and O–H groups in total. The zero-order chi connectivity index (χ0) is 11.4. The quantitative estimate of drug-likeness (QED) is 0.706. The molecule has 1 aromatic carbocycles. The fourth-order valence-corrected chi connectivity index (χ4v) is 1.60. The Balaban J connectivity index is 2.73. The minimum Gasteiger partial charge on any atom is -0.508 e. The first-order chi connectivity index (χ1) is 7.04. The molecule has 3 heteroatoms. The summed E-state index contributed by atoms with van der Waals surface area (Å²) in [6.45, 7) is 3.63. The van der Waals surface area contributed by atoms with Gasteiger partial charge in [0.1, 0.15) is 5.75 Å². The van der Waals surface area contributed by atoms with Gasteiger partial charge in [-0.15, -0.1) is 0 Å². The van der Waals surface area contributed by atoms with Gasteiger partial charge >= 0.3 is 0 Å². The van der Waals surface area contributed by atoms with Crippen molar-refractivity contribution < 1.29 is 15.3 Å². The second kappa shape index (κ2) is 5.14. The molecule has 0 saturated carbocycles. The molecule has 0 spiro atoms. The van der Waals surface area contributed by atoms with Crippen LogP contribution in [0.15, 0.2) is 18.2 Å². The van der Waals surface area contributed by atoms with Crippen LogP contribution < -0.4 is 0 Å². The minimum atomic E-state index is -0.672. The van der Waals surface area contributed by atoms with Crippen molar-refractivity contribution in [1.82, 2.24) is 0 Å². The maximum absolute atomic E-state index is 9.36. The SMILES string of the molecule is Cc1cc(C(C)CC(O)CO)ccc1O. The first kappa shape index (κ1) is 12.0. The largest absolute Gasteiger partial charge is 0.508 e. The van der Waals surface area contributed by atoms with Crippen molar-refractivity contribution in [1.29, 1.82) is 0 Å². The Kier molecular flexibility index (Phi) is 4.12. The van der Waals surface area contributed by atoms with Gasteiger partial charge in [0.25, 0.3) is 0 Å². The van der Waals surface area contributed by atoms with Crippen LogP contribution in [0.1, 0.15) is 30.4 Å². The van der Waals surface area contributed by atoms with Gasteiger partial charge in [-0.1, -0.05) is 19.1 Å². The average molecular weight is 210 g/mol. The summed E-state index contributed by atoms with van der Waals surface area (Å²) < 4.78 is 0. The minimum absolute atomic E-state index is 0.173. The molecule has 84 valence electrons. The Morgan fingerprint density at radius 3 is 2.53 bits per heavy atom. The summed E-state index contributed by atoms with van der Waals surface area (Å²) in [5, 5.41) is 27.4. The number of hydrogen-bond acceptors (Lipinski definition) is 3. The number of aryl methyl sites for hydroxylation is 1. The van der Waals surface area contributed by atoms with E-state index in [1.54, 1.807) is 6.07 Å². The zero-order valence-electron chi connectivity index (χ0n) is 9.14. The first-order valence-electron chi connectivity index (χ1n) is 5.13. The molecule has 0 heterocycles.